The highest BCUT2D eigenvalue weighted by molar-refractivity contribution is 6.23. The van der Waals surface area contributed by atoms with Gasteiger partial charge in [-0.2, -0.15) is 0 Å². The van der Waals surface area contributed by atoms with E-state index in [1.807, 2.05) is 26.0 Å². The predicted octanol–water partition coefficient (Wildman–Crippen LogP) is 5.67. The Morgan fingerprint density at radius 1 is 1.03 bits per heavy atom. The van der Waals surface area contributed by atoms with Crippen LogP contribution < -0.4 is 0 Å². The maximum atomic E-state index is 13.2. The molecule has 0 aromatic heterocycles. The number of aliphatic hydroxyl groups is 1. The number of rotatable bonds is 8. The maximum Gasteiger partial charge on any atom is 0.264 e. The number of hydrogen-bond acceptors (Lipinski definition) is 6. The normalized spacial score (nSPS) is 17.8. The van der Waals surface area contributed by atoms with Gasteiger partial charge in [0.2, 0.25) is 5.78 Å². The summed E-state index contributed by atoms with van der Waals surface area (Å²) in [6.45, 7) is 3.87. The van der Waals surface area contributed by atoms with Crippen LogP contribution in [0.25, 0.3) is 0 Å². The Balaban J connectivity index is 1.74. The first-order valence-electron chi connectivity index (χ1n) is 11.1. The van der Waals surface area contributed by atoms with Gasteiger partial charge >= 0.3 is 0 Å². The van der Waals surface area contributed by atoms with Gasteiger partial charge in [0.1, 0.15) is 0 Å². The lowest BCUT2D eigenvalue weighted by Gasteiger charge is -2.23. The second-order valence-corrected chi connectivity index (χ2v) is 8.03. The summed E-state index contributed by atoms with van der Waals surface area (Å²) >= 11 is 0. The van der Waals surface area contributed by atoms with Crippen molar-refractivity contribution in [1.82, 2.24) is 4.90 Å². The van der Waals surface area contributed by atoms with Gasteiger partial charge in [-0.25, -0.2) is 0 Å². The Hall–Kier alpha value is -3.87. The molecule has 2 amide bonds. The number of carbonyl (C=O) groups excluding carboxylic acids is 3. The van der Waals surface area contributed by atoms with E-state index in [9.17, 15) is 19.5 Å². The molecule has 0 radical (unpaired) electrons. The molecule has 2 aliphatic carbocycles. The van der Waals surface area contributed by atoms with E-state index in [1.54, 1.807) is 42.5 Å². The lowest BCUT2D eigenvalue weighted by atomic mass is 10.0. The zero-order valence-electron chi connectivity index (χ0n) is 18.6. The van der Waals surface area contributed by atoms with E-state index in [-0.39, 0.29) is 40.2 Å². The standard InChI is InChI=1S/C26H25N3O4/c1-3-18(4-2)29-25(32)19-14-9-15-20(21(19)26(29)33)27-28-22(23(30)16-10-5-6-11-16)24(31)17-12-7-8-13-17/h5-10,12,14-15,18,30H,3-4,11,13H2,1-2H3. The Kier molecular flexibility index (Phi) is 6.31. The van der Waals surface area contributed by atoms with Crippen molar-refractivity contribution in [2.75, 3.05) is 0 Å². The van der Waals surface area contributed by atoms with Gasteiger partial charge < -0.3 is 5.11 Å². The first kappa shape index (κ1) is 22.3. The molecule has 7 nitrogen and oxygen atoms in total. The Morgan fingerprint density at radius 2 is 1.70 bits per heavy atom. The first-order valence-corrected chi connectivity index (χ1v) is 11.1. The van der Waals surface area contributed by atoms with Gasteiger partial charge in [0, 0.05) is 17.2 Å². The van der Waals surface area contributed by atoms with Crippen molar-refractivity contribution in [3.63, 3.8) is 0 Å². The SMILES string of the molecule is CCC(CC)N1C(=O)c2cccc(N=NC(C(=O)C3=CC=CC3)=C(O)C3=CC=CC3)c2C1=O. The monoisotopic (exact) mass is 443 g/mol. The minimum atomic E-state index is -0.428. The molecular formula is C26H25N3O4. The summed E-state index contributed by atoms with van der Waals surface area (Å²) in [5.41, 5.74) is 1.50. The summed E-state index contributed by atoms with van der Waals surface area (Å²) in [7, 11) is 0. The van der Waals surface area contributed by atoms with Crippen molar-refractivity contribution in [2.24, 2.45) is 10.2 Å². The van der Waals surface area contributed by atoms with Gasteiger partial charge in [0.05, 0.1) is 16.8 Å². The average Bonchev–Trinajstić information content (AvgIpc) is 3.59. The van der Waals surface area contributed by atoms with Crippen molar-refractivity contribution in [3.8, 4) is 0 Å². The summed E-state index contributed by atoms with van der Waals surface area (Å²) in [5.74, 6) is -1.43. The third-order valence-electron chi connectivity index (χ3n) is 6.07. The fourth-order valence-electron chi connectivity index (χ4n) is 4.20. The van der Waals surface area contributed by atoms with Gasteiger partial charge in [-0.3, -0.25) is 19.3 Å². The number of azo groups is 1. The quantitative estimate of drug-likeness (QED) is 0.242. The molecule has 0 saturated heterocycles. The van der Waals surface area contributed by atoms with Crippen LogP contribution in [0.15, 0.2) is 87.5 Å². The molecule has 0 unspecified atom stereocenters. The topological polar surface area (TPSA) is 99.4 Å². The molecule has 0 saturated carbocycles. The van der Waals surface area contributed by atoms with Crippen LogP contribution in [-0.4, -0.2) is 33.6 Å². The average molecular weight is 444 g/mol. The smallest absolute Gasteiger partial charge is 0.264 e. The Labute approximate surface area is 192 Å². The minimum absolute atomic E-state index is 0.174. The molecule has 33 heavy (non-hydrogen) atoms. The zero-order chi connectivity index (χ0) is 23.5. The molecule has 0 atom stereocenters. The Morgan fingerprint density at radius 3 is 2.30 bits per heavy atom. The fourth-order valence-corrected chi connectivity index (χ4v) is 4.20. The van der Waals surface area contributed by atoms with Crippen LogP contribution in [0.2, 0.25) is 0 Å². The van der Waals surface area contributed by atoms with Crippen molar-refractivity contribution >= 4 is 23.3 Å². The third-order valence-corrected chi connectivity index (χ3v) is 6.07. The van der Waals surface area contributed by atoms with Crippen LogP contribution in [0.4, 0.5) is 5.69 Å². The second-order valence-electron chi connectivity index (χ2n) is 8.03. The van der Waals surface area contributed by atoms with Crippen molar-refractivity contribution in [3.05, 3.63) is 88.4 Å². The van der Waals surface area contributed by atoms with Gasteiger partial charge in [0.25, 0.3) is 11.8 Å². The number of carbonyl (C=O) groups is 3. The number of benzene rings is 1. The molecule has 0 spiro atoms. The molecule has 0 fully saturated rings. The molecule has 168 valence electrons. The molecule has 1 aliphatic heterocycles. The lowest BCUT2D eigenvalue weighted by molar-refractivity contribution is -0.112. The van der Waals surface area contributed by atoms with E-state index < -0.39 is 11.7 Å². The first-order chi connectivity index (χ1) is 16.0. The van der Waals surface area contributed by atoms with E-state index in [0.717, 1.165) is 0 Å². The molecule has 3 aliphatic rings. The molecule has 1 N–H and O–H groups in total. The van der Waals surface area contributed by atoms with Crippen molar-refractivity contribution in [1.29, 1.82) is 0 Å². The van der Waals surface area contributed by atoms with Gasteiger partial charge in [-0.1, -0.05) is 56.4 Å². The fraction of sp³-hybridized carbons (Fsp3) is 0.269. The summed E-state index contributed by atoms with van der Waals surface area (Å²) in [6.07, 6.45) is 12.9. The van der Waals surface area contributed by atoms with Crippen LogP contribution in [0, 0.1) is 0 Å². The zero-order valence-corrected chi connectivity index (χ0v) is 18.6. The largest absolute Gasteiger partial charge is 0.505 e. The highest BCUT2D eigenvalue weighted by atomic mass is 16.3. The molecule has 1 heterocycles. The molecule has 0 bridgehead atoms. The van der Waals surface area contributed by atoms with Gasteiger partial charge in [-0.15, -0.1) is 10.2 Å². The van der Waals surface area contributed by atoms with Crippen LogP contribution in [0.5, 0.6) is 0 Å². The van der Waals surface area contributed by atoms with E-state index in [4.69, 9.17) is 0 Å². The molecular weight excluding hydrogens is 418 g/mol. The van der Waals surface area contributed by atoms with Crippen LogP contribution in [-0.2, 0) is 4.79 Å². The molecule has 1 aromatic rings. The number of Topliss-reactive ketones (excluding diaryl/α,β-unsaturated/α-hetero) is 1. The maximum absolute atomic E-state index is 13.2. The number of aliphatic hydroxyl groups excluding tert-OH is 1. The lowest BCUT2D eigenvalue weighted by Crippen LogP contribution is -2.39. The van der Waals surface area contributed by atoms with Crippen LogP contribution in [0.3, 0.4) is 0 Å². The predicted molar refractivity (Wildman–Crippen MR) is 124 cm³/mol. The number of nitrogens with zero attached hydrogens (tertiary/aromatic N) is 3. The summed E-state index contributed by atoms with van der Waals surface area (Å²) < 4.78 is 0. The number of imide groups is 1. The van der Waals surface area contributed by atoms with Crippen LogP contribution in [0.1, 0.15) is 60.2 Å². The molecule has 4 rings (SSSR count). The van der Waals surface area contributed by atoms with Crippen LogP contribution >= 0.6 is 0 Å². The van der Waals surface area contributed by atoms with E-state index in [2.05, 4.69) is 10.2 Å². The number of fused-ring (bicyclic) bond motifs is 1. The molecule has 1 aromatic carbocycles. The minimum Gasteiger partial charge on any atom is -0.505 e. The number of allylic oxidation sites excluding steroid dienone is 8. The number of hydrogen-bond donors (Lipinski definition) is 1. The highest BCUT2D eigenvalue weighted by Gasteiger charge is 2.40. The van der Waals surface area contributed by atoms with E-state index in [0.29, 0.717) is 36.8 Å². The van der Waals surface area contributed by atoms with Crippen molar-refractivity contribution < 1.29 is 19.5 Å². The number of amides is 2. The van der Waals surface area contributed by atoms with Gasteiger partial charge in [0.15, 0.2) is 11.5 Å². The Bertz CT molecular complexity index is 1210. The second kappa shape index (κ2) is 9.32. The summed E-state index contributed by atoms with van der Waals surface area (Å²) in [4.78, 5) is 40.4. The summed E-state index contributed by atoms with van der Waals surface area (Å²) in [5, 5.41) is 19.1. The molecule has 7 heteroatoms. The third kappa shape index (κ3) is 4.02. The van der Waals surface area contributed by atoms with E-state index >= 15 is 0 Å². The van der Waals surface area contributed by atoms with Gasteiger partial charge in [-0.05, 0) is 37.8 Å². The highest BCUT2D eigenvalue weighted by Crippen LogP contribution is 2.34. The number of ketones is 1. The van der Waals surface area contributed by atoms with Crippen molar-refractivity contribution in [2.45, 2.75) is 45.6 Å². The van der Waals surface area contributed by atoms with E-state index in [1.165, 1.54) is 4.90 Å². The summed E-state index contributed by atoms with van der Waals surface area (Å²) in [6, 6.07) is 4.61.